The van der Waals surface area contributed by atoms with Gasteiger partial charge in [-0.2, -0.15) is 0 Å². The van der Waals surface area contributed by atoms with Crippen molar-refractivity contribution in [3.8, 4) is 0 Å². The molecule has 2 rings (SSSR count). The number of aryl methyl sites for hydroxylation is 4. The average molecular weight is 283 g/mol. The molecule has 3 nitrogen and oxygen atoms in total. The first-order chi connectivity index (χ1) is 9.88. The Balaban J connectivity index is 2.15. The normalized spacial score (nSPS) is 10.5. The van der Waals surface area contributed by atoms with Crippen molar-refractivity contribution in [1.29, 1.82) is 0 Å². The van der Waals surface area contributed by atoms with E-state index in [-0.39, 0.29) is 12.6 Å². The van der Waals surface area contributed by atoms with Crippen molar-refractivity contribution in [2.45, 2.75) is 34.3 Å². The number of ether oxygens (including phenoxy) is 1. The number of hydrogen-bond donors (Lipinski definition) is 1. The molecule has 0 radical (unpaired) electrons. The number of carbonyl (C=O) groups excluding carboxylic acids is 1. The van der Waals surface area contributed by atoms with Crippen LogP contribution in [0.1, 0.15) is 38.2 Å². The number of nitrogen functional groups attached to an aromatic ring is 1. The maximum Gasteiger partial charge on any atom is 0.338 e. The summed E-state index contributed by atoms with van der Waals surface area (Å²) in [5.41, 5.74) is 12.2. The molecule has 0 aliphatic carbocycles. The first-order valence-corrected chi connectivity index (χ1v) is 6.98. The Morgan fingerprint density at radius 3 is 2.43 bits per heavy atom. The number of carbonyl (C=O) groups is 1. The van der Waals surface area contributed by atoms with Gasteiger partial charge in [-0.3, -0.25) is 0 Å². The van der Waals surface area contributed by atoms with E-state index in [1.54, 1.807) is 6.07 Å². The van der Waals surface area contributed by atoms with Crippen LogP contribution in [0.3, 0.4) is 0 Å². The van der Waals surface area contributed by atoms with Crippen LogP contribution in [0.15, 0.2) is 30.3 Å². The summed E-state index contributed by atoms with van der Waals surface area (Å²) in [5.74, 6) is -0.333. The van der Waals surface area contributed by atoms with Crippen LogP contribution < -0.4 is 5.73 Å². The van der Waals surface area contributed by atoms with Gasteiger partial charge >= 0.3 is 5.97 Å². The minimum atomic E-state index is -0.333. The molecule has 0 unspecified atom stereocenters. The second-order valence-corrected chi connectivity index (χ2v) is 5.53. The van der Waals surface area contributed by atoms with Gasteiger partial charge in [0.05, 0.1) is 5.56 Å². The fourth-order valence-electron chi connectivity index (χ4n) is 2.27. The number of rotatable bonds is 3. The molecule has 0 saturated carbocycles. The van der Waals surface area contributed by atoms with Gasteiger partial charge in [-0.25, -0.2) is 4.79 Å². The van der Waals surface area contributed by atoms with E-state index in [0.29, 0.717) is 11.3 Å². The standard InChI is InChI=1S/C18H21NO2/c1-11-5-6-12(2)15(7-11)10-21-18(20)16-9-17(19)14(4)8-13(16)3/h5-9H,10,19H2,1-4H3. The van der Waals surface area contributed by atoms with E-state index >= 15 is 0 Å². The van der Waals surface area contributed by atoms with Gasteiger partial charge in [-0.05, 0) is 56.0 Å². The Kier molecular flexibility index (Phi) is 4.32. The Bertz CT molecular complexity index is 690. The summed E-state index contributed by atoms with van der Waals surface area (Å²) in [6, 6.07) is 9.72. The van der Waals surface area contributed by atoms with E-state index in [4.69, 9.17) is 10.5 Å². The van der Waals surface area contributed by atoms with E-state index in [9.17, 15) is 4.79 Å². The van der Waals surface area contributed by atoms with Crippen LogP contribution in [0.5, 0.6) is 0 Å². The lowest BCUT2D eigenvalue weighted by atomic mass is 10.0. The van der Waals surface area contributed by atoms with Gasteiger partial charge < -0.3 is 10.5 Å². The Labute approximate surface area is 125 Å². The van der Waals surface area contributed by atoms with Crippen molar-refractivity contribution in [2.75, 3.05) is 5.73 Å². The predicted molar refractivity (Wildman–Crippen MR) is 85.4 cm³/mol. The average Bonchev–Trinajstić information content (AvgIpc) is 2.43. The molecule has 0 spiro atoms. The topological polar surface area (TPSA) is 52.3 Å². The highest BCUT2D eigenvalue weighted by Crippen LogP contribution is 2.19. The van der Waals surface area contributed by atoms with Crippen molar-refractivity contribution in [3.63, 3.8) is 0 Å². The van der Waals surface area contributed by atoms with Gasteiger partial charge in [-0.15, -0.1) is 0 Å². The van der Waals surface area contributed by atoms with Crippen LogP contribution in [0, 0.1) is 27.7 Å². The molecular formula is C18H21NO2. The lowest BCUT2D eigenvalue weighted by Crippen LogP contribution is -2.09. The Hall–Kier alpha value is -2.29. The smallest absolute Gasteiger partial charge is 0.338 e. The molecule has 0 aliphatic rings. The first kappa shape index (κ1) is 15.1. The molecule has 0 fully saturated rings. The van der Waals surface area contributed by atoms with E-state index in [1.165, 1.54) is 0 Å². The van der Waals surface area contributed by atoms with Crippen LogP contribution in [0.25, 0.3) is 0 Å². The van der Waals surface area contributed by atoms with Crippen LogP contribution in [0.2, 0.25) is 0 Å². The van der Waals surface area contributed by atoms with Gasteiger partial charge in [0, 0.05) is 5.69 Å². The third-order valence-electron chi connectivity index (χ3n) is 3.70. The molecule has 2 N–H and O–H groups in total. The largest absolute Gasteiger partial charge is 0.457 e. The van der Waals surface area contributed by atoms with E-state index in [0.717, 1.165) is 27.8 Å². The molecule has 110 valence electrons. The van der Waals surface area contributed by atoms with Gasteiger partial charge in [0.2, 0.25) is 0 Å². The summed E-state index contributed by atoms with van der Waals surface area (Å²) in [6.07, 6.45) is 0. The SMILES string of the molecule is Cc1ccc(C)c(COC(=O)c2cc(N)c(C)cc2C)c1. The zero-order valence-electron chi connectivity index (χ0n) is 13.0. The van der Waals surface area contributed by atoms with Gasteiger partial charge in [0.15, 0.2) is 0 Å². The highest BCUT2D eigenvalue weighted by molar-refractivity contribution is 5.92. The van der Waals surface area contributed by atoms with Gasteiger partial charge in [0.25, 0.3) is 0 Å². The molecule has 0 heterocycles. The maximum absolute atomic E-state index is 12.2. The molecule has 0 atom stereocenters. The number of anilines is 1. The summed E-state index contributed by atoms with van der Waals surface area (Å²) in [4.78, 5) is 12.2. The molecule has 2 aromatic carbocycles. The molecule has 0 saturated heterocycles. The number of esters is 1. The molecular weight excluding hydrogens is 262 g/mol. The van der Waals surface area contributed by atoms with Crippen LogP contribution in [-0.2, 0) is 11.3 Å². The van der Waals surface area contributed by atoms with E-state index < -0.39 is 0 Å². The van der Waals surface area contributed by atoms with Crippen molar-refractivity contribution in [1.82, 2.24) is 0 Å². The maximum atomic E-state index is 12.2. The molecule has 3 heteroatoms. The monoisotopic (exact) mass is 283 g/mol. The molecule has 2 aromatic rings. The highest BCUT2D eigenvalue weighted by atomic mass is 16.5. The lowest BCUT2D eigenvalue weighted by Gasteiger charge is -2.11. The quantitative estimate of drug-likeness (QED) is 0.687. The first-order valence-electron chi connectivity index (χ1n) is 6.98. The predicted octanol–water partition coefficient (Wildman–Crippen LogP) is 3.86. The zero-order valence-corrected chi connectivity index (χ0v) is 13.0. The third kappa shape index (κ3) is 3.43. The van der Waals surface area contributed by atoms with Crippen LogP contribution >= 0.6 is 0 Å². The number of nitrogens with two attached hydrogens (primary N) is 1. The van der Waals surface area contributed by atoms with E-state index in [2.05, 4.69) is 0 Å². The molecule has 0 bridgehead atoms. The fourth-order valence-corrected chi connectivity index (χ4v) is 2.27. The van der Waals surface area contributed by atoms with E-state index in [1.807, 2.05) is 52.0 Å². The molecule has 0 aliphatic heterocycles. The highest BCUT2D eigenvalue weighted by Gasteiger charge is 2.13. The van der Waals surface area contributed by atoms with Gasteiger partial charge in [-0.1, -0.05) is 29.8 Å². The van der Waals surface area contributed by atoms with Crippen molar-refractivity contribution in [2.24, 2.45) is 0 Å². The minimum Gasteiger partial charge on any atom is -0.457 e. The zero-order chi connectivity index (χ0) is 15.6. The Morgan fingerprint density at radius 1 is 1.00 bits per heavy atom. The summed E-state index contributed by atoms with van der Waals surface area (Å²) >= 11 is 0. The Morgan fingerprint density at radius 2 is 1.71 bits per heavy atom. The fraction of sp³-hybridized carbons (Fsp3) is 0.278. The molecule has 0 aromatic heterocycles. The third-order valence-corrected chi connectivity index (χ3v) is 3.70. The minimum absolute atomic E-state index is 0.277. The number of hydrogen-bond acceptors (Lipinski definition) is 3. The van der Waals surface area contributed by atoms with Crippen molar-refractivity contribution in [3.05, 3.63) is 63.7 Å². The van der Waals surface area contributed by atoms with Crippen LogP contribution in [0.4, 0.5) is 5.69 Å². The summed E-state index contributed by atoms with van der Waals surface area (Å²) in [5, 5.41) is 0. The molecule has 21 heavy (non-hydrogen) atoms. The second kappa shape index (κ2) is 6.00. The van der Waals surface area contributed by atoms with Crippen molar-refractivity contribution >= 4 is 11.7 Å². The van der Waals surface area contributed by atoms with Gasteiger partial charge in [0.1, 0.15) is 6.61 Å². The summed E-state index contributed by atoms with van der Waals surface area (Å²) in [7, 11) is 0. The molecule has 0 amide bonds. The van der Waals surface area contributed by atoms with Crippen molar-refractivity contribution < 1.29 is 9.53 Å². The lowest BCUT2D eigenvalue weighted by molar-refractivity contribution is 0.0471. The summed E-state index contributed by atoms with van der Waals surface area (Å²) in [6.45, 7) is 8.13. The second-order valence-electron chi connectivity index (χ2n) is 5.53. The number of benzene rings is 2. The summed E-state index contributed by atoms with van der Waals surface area (Å²) < 4.78 is 5.43. The van der Waals surface area contributed by atoms with Crippen LogP contribution in [-0.4, -0.2) is 5.97 Å².